The number of rotatable bonds is 7. The summed E-state index contributed by atoms with van der Waals surface area (Å²) >= 11 is 0. The summed E-state index contributed by atoms with van der Waals surface area (Å²) in [5, 5.41) is 6.36. The van der Waals surface area contributed by atoms with Crippen molar-refractivity contribution in [3.05, 3.63) is 30.0 Å². The number of aromatic amines is 1. The Balaban J connectivity index is 1.39. The summed E-state index contributed by atoms with van der Waals surface area (Å²) in [6.07, 6.45) is 0.752. The van der Waals surface area contributed by atoms with Gasteiger partial charge in [-0.2, -0.15) is 0 Å². The molecule has 10 heteroatoms. The van der Waals surface area contributed by atoms with Gasteiger partial charge in [0.2, 0.25) is 11.8 Å². The zero-order valence-corrected chi connectivity index (χ0v) is 20.9. The van der Waals surface area contributed by atoms with E-state index in [-0.39, 0.29) is 41.4 Å². The van der Waals surface area contributed by atoms with Crippen molar-refractivity contribution in [2.24, 2.45) is 23.2 Å². The molecule has 2 saturated heterocycles. The van der Waals surface area contributed by atoms with Crippen LogP contribution in [-0.4, -0.2) is 73.0 Å². The zero-order valence-electron chi connectivity index (χ0n) is 20.9. The minimum atomic E-state index is -0.966. The van der Waals surface area contributed by atoms with E-state index in [2.05, 4.69) is 29.5 Å². The largest absolute Gasteiger partial charge is 0.496 e. The molecule has 5 atom stereocenters. The van der Waals surface area contributed by atoms with E-state index < -0.39 is 24.0 Å². The van der Waals surface area contributed by atoms with Crippen molar-refractivity contribution in [3.63, 3.8) is 0 Å². The number of carbonyl (C=O) groups excluding carboxylic acids is 4. The van der Waals surface area contributed by atoms with Crippen LogP contribution in [0.5, 0.6) is 5.75 Å². The highest BCUT2D eigenvalue weighted by Gasteiger charge is 2.69. The number of nitrogens with zero attached hydrogens (tertiary/aromatic N) is 1. The Bertz CT molecular complexity index is 1240. The van der Waals surface area contributed by atoms with Gasteiger partial charge in [-0.25, -0.2) is 4.79 Å². The maximum atomic E-state index is 13.6. The van der Waals surface area contributed by atoms with Crippen molar-refractivity contribution in [2.75, 3.05) is 27.3 Å². The summed E-state index contributed by atoms with van der Waals surface area (Å²) < 4.78 is 10.3. The number of hydrogen-bond donors (Lipinski definition) is 3. The average Bonchev–Trinajstić information content (AvgIpc) is 3.38. The third-order valence-electron chi connectivity index (χ3n) is 8.30. The number of amides is 3. The second-order valence-corrected chi connectivity index (χ2v) is 10.6. The van der Waals surface area contributed by atoms with Crippen molar-refractivity contribution >= 4 is 34.6 Å². The lowest BCUT2D eigenvalue weighted by Crippen LogP contribution is -2.54. The van der Waals surface area contributed by atoms with Gasteiger partial charge in [0.1, 0.15) is 23.5 Å². The lowest BCUT2D eigenvalue weighted by Gasteiger charge is -2.31. The SMILES string of the molecule is COC(=O)[C@H](C[C@@H]1CCNC1=O)NC(=O)[C@@H]1C2[C@H](CN1C(=O)c1cc3c(OC)cccc3[nH]1)C2(C)C. The molecular weight excluding hydrogens is 464 g/mol. The first-order valence-corrected chi connectivity index (χ1v) is 12.3. The van der Waals surface area contributed by atoms with Crippen LogP contribution in [0.25, 0.3) is 10.9 Å². The highest BCUT2D eigenvalue weighted by atomic mass is 16.5. The lowest BCUT2D eigenvalue weighted by atomic mass is 9.96. The molecule has 2 aliphatic heterocycles. The predicted molar refractivity (Wildman–Crippen MR) is 130 cm³/mol. The van der Waals surface area contributed by atoms with E-state index >= 15 is 0 Å². The second kappa shape index (κ2) is 8.83. The summed E-state index contributed by atoms with van der Waals surface area (Å²) in [5.41, 5.74) is 1.05. The van der Waals surface area contributed by atoms with Crippen LogP contribution in [0.3, 0.4) is 0 Å². The van der Waals surface area contributed by atoms with Gasteiger partial charge < -0.3 is 30.0 Å². The number of carbonyl (C=O) groups is 4. The molecule has 5 rings (SSSR count). The molecule has 1 saturated carbocycles. The standard InChI is InChI=1S/C26H32N4O6/c1-26(2)15-12-30(24(33)17-11-14-16(28-17)6-5-7-19(14)35-3)21(20(15)26)23(32)29-18(25(34)36-4)10-13-8-9-27-22(13)31/h5-7,11,13,15,18,20-21,28H,8-10,12H2,1-4H3,(H,27,31)(H,29,32)/t13-,15-,18-,20?,21-/m0/s1. The minimum absolute atomic E-state index is 0.0200. The van der Waals surface area contributed by atoms with Crippen molar-refractivity contribution < 1.29 is 28.7 Å². The maximum absolute atomic E-state index is 13.6. The monoisotopic (exact) mass is 496 g/mol. The molecule has 1 aromatic heterocycles. The highest BCUT2D eigenvalue weighted by Crippen LogP contribution is 2.65. The van der Waals surface area contributed by atoms with Crippen LogP contribution in [0.4, 0.5) is 0 Å². The Morgan fingerprint density at radius 1 is 1.25 bits per heavy atom. The first-order chi connectivity index (χ1) is 17.2. The number of likely N-dealkylation sites (tertiary alicyclic amines) is 1. The maximum Gasteiger partial charge on any atom is 0.328 e. The summed E-state index contributed by atoms with van der Waals surface area (Å²) in [6, 6.07) is 5.58. The predicted octanol–water partition coefficient (Wildman–Crippen LogP) is 1.46. The molecule has 2 aromatic rings. The van der Waals surface area contributed by atoms with Crippen molar-refractivity contribution in [2.45, 2.75) is 38.8 Å². The Labute approximate surface area is 209 Å². The van der Waals surface area contributed by atoms with E-state index in [1.54, 1.807) is 18.1 Å². The molecule has 1 unspecified atom stereocenters. The smallest absolute Gasteiger partial charge is 0.328 e. The van der Waals surface area contributed by atoms with Crippen molar-refractivity contribution in [1.29, 1.82) is 0 Å². The number of esters is 1. The van der Waals surface area contributed by atoms with Crippen molar-refractivity contribution in [3.8, 4) is 5.75 Å². The second-order valence-electron chi connectivity index (χ2n) is 10.6. The number of nitrogens with one attached hydrogen (secondary N) is 3. The van der Waals surface area contributed by atoms with E-state index in [1.165, 1.54) is 7.11 Å². The third kappa shape index (κ3) is 3.88. The zero-order chi connectivity index (χ0) is 25.8. The quantitative estimate of drug-likeness (QED) is 0.498. The summed E-state index contributed by atoms with van der Waals surface area (Å²) in [6.45, 7) is 5.19. The van der Waals surface area contributed by atoms with Crippen LogP contribution in [0.2, 0.25) is 0 Å². The fourth-order valence-corrected chi connectivity index (χ4v) is 6.14. The molecule has 10 nitrogen and oxygen atoms in total. The molecule has 0 bridgehead atoms. The van der Waals surface area contributed by atoms with E-state index in [4.69, 9.17) is 9.47 Å². The van der Waals surface area contributed by atoms with Gasteiger partial charge in [0.15, 0.2) is 0 Å². The Morgan fingerprint density at radius 2 is 2.03 bits per heavy atom. The molecule has 3 heterocycles. The van der Waals surface area contributed by atoms with Crippen LogP contribution in [0, 0.1) is 23.2 Å². The molecule has 3 N–H and O–H groups in total. The van der Waals surface area contributed by atoms with Gasteiger partial charge in [-0.15, -0.1) is 0 Å². The average molecular weight is 497 g/mol. The topological polar surface area (TPSA) is 130 Å². The van der Waals surface area contributed by atoms with Crippen LogP contribution < -0.4 is 15.4 Å². The molecule has 192 valence electrons. The molecule has 3 fully saturated rings. The van der Waals surface area contributed by atoms with E-state index in [0.29, 0.717) is 31.0 Å². The van der Waals surface area contributed by atoms with Crippen molar-refractivity contribution in [1.82, 2.24) is 20.5 Å². The number of benzene rings is 1. The summed E-state index contributed by atoms with van der Waals surface area (Å²) in [7, 11) is 2.83. The number of hydrogen-bond acceptors (Lipinski definition) is 6. The number of piperidine rings is 1. The number of ether oxygens (including phenoxy) is 2. The molecule has 0 spiro atoms. The fourth-order valence-electron chi connectivity index (χ4n) is 6.14. The van der Waals surface area contributed by atoms with Crippen LogP contribution >= 0.6 is 0 Å². The highest BCUT2D eigenvalue weighted by molar-refractivity contribution is 6.02. The normalized spacial score (nSPS) is 26.8. The Hall–Kier alpha value is -3.56. The van der Waals surface area contributed by atoms with Gasteiger partial charge in [0.25, 0.3) is 5.91 Å². The molecule has 1 aliphatic carbocycles. The number of aromatic nitrogens is 1. The molecule has 3 aliphatic rings. The number of fused-ring (bicyclic) bond motifs is 2. The Morgan fingerprint density at radius 3 is 2.69 bits per heavy atom. The van der Waals surface area contributed by atoms with Gasteiger partial charge in [-0.3, -0.25) is 14.4 Å². The van der Waals surface area contributed by atoms with E-state index in [0.717, 1.165) is 10.9 Å². The van der Waals surface area contributed by atoms with Gasteiger partial charge in [0, 0.05) is 29.9 Å². The summed E-state index contributed by atoms with van der Waals surface area (Å²) in [4.78, 5) is 56.6. The van der Waals surface area contributed by atoms with Gasteiger partial charge >= 0.3 is 5.97 Å². The fraction of sp³-hybridized carbons (Fsp3) is 0.538. The molecule has 1 aromatic carbocycles. The van der Waals surface area contributed by atoms with Gasteiger partial charge in [0.05, 0.1) is 14.2 Å². The minimum Gasteiger partial charge on any atom is -0.496 e. The molecule has 3 amide bonds. The first kappa shape index (κ1) is 24.1. The van der Waals surface area contributed by atoms with Crippen LogP contribution in [0.15, 0.2) is 24.3 Å². The first-order valence-electron chi connectivity index (χ1n) is 12.3. The number of methoxy groups -OCH3 is 2. The number of H-pyrrole nitrogens is 1. The molecular formula is C26H32N4O6. The lowest BCUT2D eigenvalue weighted by molar-refractivity contribution is -0.146. The van der Waals surface area contributed by atoms with Gasteiger partial charge in [-0.1, -0.05) is 19.9 Å². The van der Waals surface area contributed by atoms with Crippen LogP contribution in [-0.2, 0) is 19.1 Å². The van der Waals surface area contributed by atoms with Gasteiger partial charge in [-0.05, 0) is 48.3 Å². The third-order valence-corrected chi connectivity index (χ3v) is 8.30. The summed E-state index contributed by atoms with van der Waals surface area (Å²) in [5.74, 6) is -0.963. The molecule has 0 radical (unpaired) electrons. The van der Waals surface area contributed by atoms with E-state index in [9.17, 15) is 19.2 Å². The van der Waals surface area contributed by atoms with E-state index in [1.807, 2.05) is 18.2 Å². The Kier molecular flexibility index (Phi) is 5.92. The molecule has 36 heavy (non-hydrogen) atoms. The van der Waals surface area contributed by atoms with Crippen LogP contribution in [0.1, 0.15) is 37.2 Å².